The van der Waals surface area contributed by atoms with Gasteiger partial charge in [0.15, 0.2) is 11.6 Å². The van der Waals surface area contributed by atoms with E-state index in [1.165, 1.54) is 17.7 Å². The summed E-state index contributed by atoms with van der Waals surface area (Å²) in [5.41, 5.74) is 4.72. The fraction of sp³-hybridized carbons (Fsp3) is 0.292. The Labute approximate surface area is 174 Å². The first kappa shape index (κ1) is 18.7. The predicted molar refractivity (Wildman–Crippen MR) is 114 cm³/mol. The maximum Gasteiger partial charge on any atom is 0.226 e. The van der Waals surface area contributed by atoms with Gasteiger partial charge in [0.1, 0.15) is 11.9 Å². The highest BCUT2D eigenvalue weighted by Gasteiger charge is 2.36. The number of carbonyl (C=O) groups excluding carboxylic acids is 1. The van der Waals surface area contributed by atoms with Gasteiger partial charge in [-0.3, -0.25) is 4.79 Å². The number of carbonyl (C=O) groups is 1. The standard InChI is InChI=1S/C24H23FN4O/c1-14(2)15-6-8-16(9-7-15)22-21-19(4-3-5-20(21)30)26-24-27-23(28-29(22)24)17-10-12-18(25)13-11-17/h6-14,22H,3-5H2,1-2H3,(H,26,27,28). The van der Waals surface area contributed by atoms with Gasteiger partial charge in [-0.15, -0.1) is 5.10 Å². The molecule has 0 fully saturated rings. The van der Waals surface area contributed by atoms with Crippen molar-refractivity contribution in [1.29, 1.82) is 0 Å². The summed E-state index contributed by atoms with van der Waals surface area (Å²) in [6, 6.07) is 14.2. The number of fused-ring (bicyclic) bond motifs is 1. The van der Waals surface area contributed by atoms with E-state index < -0.39 is 0 Å². The molecular weight excluding hydrogens is 379 g/mol. The molecule has 1 unspecified atom stereocenters. The van der Waals surface area contributed by atoms with E-state index in [9.17, 15) is 9.18 Å². The number of rotatable bonds is 3. The lowest BCUT2D eigenvalue weighted by atomic mass is 9.85. The van der Waals surface area contributed by atoms with Gasteiger partial charge in [-0.25, -0.2) is 9.07 Å². The molecule has 0 spiro atoms. The van der Waals surface area contributed by atoms with Gasteiger partial charge in [0, 0.05) is 23.3 Å². The molecule has 0 radical (unpaired) electrons. The number of benzene rings is 2. The minimum absolute atomic E-state index is 0.158. The van der Waals surface area contributed by atoms with Gasteiger partial charge in [-0.1, -0.05) is 38.1 Å². The van der Waals surface area contributed by atoms with Crippen LogP contribution >= 0.6 is 0 Å². The van der Waals surface area contributed by atoms with E-state index in [1.807, 2.05) is 0 Å². The summed E-state index contributed by atoms with van der Waals surface area (Å²) >= 11 is 0. The van der Waals surface area contributed by atoms with Crippen LogP contribution in [0.15, 0.2) is 59.8 Å². The van der Waals surface area contributed by atoms with Gasteiger partial charge in [-0.05, 0) is 54.2 Å². The highest BCUT2D eigenvalue weighted by atomic mass is 19.1. The minimum Gasteiger partial charge on any atom is -0.328 e. The van der Waals surface area contributed by atoms with Gasteiger partial charge < -0.3 is 5.32 Å². The molecular formula is C24H23FN4O. The van der Waals surface area contributed by atoms with Crippen molar-refractivity contribution in [3.05, 3.63) is 76.7 Å². The van der Waals surface area contributed by atoms with Crippen LogP contribution in [0.2, 0.25) is 0 Å². The zero-order chi connectivity index (χ0) is 20.8. The maximum absolute atomic E-state index is 13.3. The number of aromatic nitrogens is 3. The van der Waals surface area contributed by atoms with Crippen LogP contribution in [-0.4, -0.2) is 20.5 Å². The molecule has 3 aromatic rings. The van der Waals surface area contributed by atoms with Gasteiger partial charge in [0.25, 0.3) is 0 Å². The molecule has 0 saturated carbocycles. The van der Waals surface area contributed by atoms with Crippen molar-refractivity contribution in [2.24, 2.45) is 0 Å². The Bertz CT molecular complexity index is 1140. The number of allylic oxidation sites excluding steroid dienone is 2. The fourth-order valence-electron chi connectivity index (χ4n) is 4.25. The first-order valence-corrected chi connectivity index (χ1v) is 10.4. The second-order valence-electron chi connectivity index (χ2n) is 8.23. The zero-order valence-electron chi connectivity index (χ0n) is 17.0. The zero-order valence-corrected chi connectivity index (χ0v) is 17.0. The smallest absolute Gasteiger partial charge is 0.226 e. The van der Waals surface area contributed by atoms with Crippen molar-refractivity contribution in [3.8, 4) is 11.4 Å². The van der Waals surface area contributed by atoms with E-state index in [0.717, 1.165) is 35.2 Å². The van der Waals surface area contributed by atoms with Crippen molar-refractivity contribution in [1.82, 2.24) is 14.8 Å². The van der Waals surface area contributed by atoms with Crippen molar-refractivity contribution < 1.29 is 9.18 Å². The Morgan fingerprint density at radius 1 is 1.07 bits per heavy atom. The predicted octanol–water partition coefficient (Wildman–Crippen LogP) is 5.23. The summed E-state index contributed by atoms with van der Waals surface area (Å²) in [4.78, 5) is 17.6. The summed E-state index contributed by atoms with van der Waals surface area (Å²) in [6.45, 7) is 4.32. The fourth-order valence-corrected chi connectivity index (χ4v) is 4.25. The minimum atomic E-state index is -0.313. The second-order valence-corrected chi connectivity index (χ2v) is 8.23. The van der Waals surface area contributed by atoms with Crippen LogP contribution in [-0.2, 0) is 4.79 Å². The van der Waals surface area contributed by atoms with Crippen LogP contribution in [0.5, 0.6) is 0 Å². The van der Waals surface area contributed by atoms with Crippen molar-refractivity contribution in [2.75, 3.05) is 5.32 Å². The Hall–Kier alpha value is -3.28. The highest BCUT2D eigenvalue weighted by Crippen LogP contribution is 2.40. The molecule has 5 rings (SSSR count). The lowest BCUT2D eigenvalue weighted by Crippen LogP contribution is -2.31. The molecule has 6 heteroatoms. The number of hydrogen-bond donors (Lipinski definition) is 1. The van der Waals surface area contributed by atoms with Crippen LogP contribution in [0.1, 0.15) is 56.2 Å². The lowest BCUT2D eigenvalue weighted by molar-refractivity contribution is -0.116. The number of anilines is 1. The normalized spacial score (nSPS) is 18.3. The largest absolute Gasteiger partial charge is 0.328 e. The molecule has 152 valence electrons. The summed E-state index contributed by atoms with van der Waals surface area (Å²) in [5, 5.41) is 8.06. The van der Waals surface area contributed by atoms with E-state index in [-0.39, 0.29) is 17.6 Å². The second kappa shape index (κ2) is 7.20. The van der Waals surface area contributed by atoms with Gasteiger partial charge in [0.2, 0.25) is 5.95 Å². The third kappa shape index (κ3) is 3.12. The molecule has 30 heavy (non-hydrogen) atoms. The van der Waals surface area contributed by atoms with Crippen molar-refractivity contribution in [2.45, 2.75) is 45.1 Å². The number of halogens is 1. The number of nitrogens with one attached hydrogen (secondary N) is 1. The maximum atomic E-state index is 13.3. The SMILES string of the molecule is CC(C)c1ccc(C2C3=C(CCCC3=O)Nc3nc(-c4ccc(F)cc4)nn32)cc1. The molecule has 1 atom stereocenters. The van der Waals surface area contributed by atoms with E-state index in [4.69, 9.17) is 5.10 Å². The molecule has 0 amide bonds. The van der Waals surface area contributed by atoms with Crippen LogP contribution < -0.4 is 5.32 Å². The summed E-state index contributed by atoms with van der Waals surface area (Å²) in [6.07, 6.45) is 2.21. The van der Waals surface area contributed by atoms with Crippen LogP contribution in [0, 0.1) is 5.82 Å². The van der Waals surface area contributed by atoms with E-state index in [0.29, 0.717) is 24.1 Å². The van der Waals surface area contributed by atoms with E-state index >= 15 is 0 Å². The van der Waals surface area contributed by atoms with Crippen molar-refractivity contribution in [3.63, 3.8) is 0 Å². The monoisotopic (exact) mass is 402 g/mol. The summed E-state index contributed by atoms with van der Waals surface area (Å²) < 4.78 is 15.1. The van der Waals surface area contributed by atoms with Crippen molar-refractivity contribution >= 4 is 11.7 Å². The average molecular weight is 402 g/mol. The molecule has 2 heterocycles. The molecule has 1 aliphatic heterocycles. The molecule has 2 aromatic carbocycles. The van der Waals surface area contributed by atoms with Crippen LogP contribution in [0.3, 0.4) is 0 Å². The first-order valence-electron chi connectivity index (χ1n) is 10.4. The molecule has 0 bridgehead atoms. The number of nitrogens with zero attached hydrogens (tertiary/aromatic N) is 3. The van der Waals surface area contributed by atoms with Gasteiger partial charge in [0.05, 0.1) is 0 Å². The number of ketones is 1. The van der Waals surface area contributed by atoms with E-state index in [2.05, 4.69) is 48.4 Å². The molecule has 2 aliphatic rings. The number of hydrogen-bond acceptors (Lipinski definition) is 4. The molecule has 1 N–H and O–H groups in total. The highest BCUT2D eigenvalue weighted by molar-refractivity contribution is 5.99. The van der Waals surface area contributed by atoms with Gasteiger partial charge in [-0.2, -0.15) is 4.98 Å². The van der Waals surface area contributed by atoms with Crippen LogP contribution in [0.4, 0.5) is 10.3 Å². The molecule has 1 aromatic heterocycles. The van der Waals surface area contributed by atoms with E-state index in [1.54, 1.807) is 16.8 Å². The molecule has 1 aliphatic carbocycles. The Kier molecular flexibility index (Phi) is 4.50. The Morgan fingerprint density at radius 3 is 2.50 bits per heavy atom. The lowest BCUT2D eigenvalue weighted by Gasteiger charge is -2.32. The third-order valence-electron chi connectivity index (χ3n) is 5.89. The quantitative estimate of drug-likeness (QED) is 0.652. The average Bonchev–Trinajstić information content (AvgIpc) is 3.16. The molecule has 5 nitrogen and oxygen atoms in total. The summed E-state index contributed by atoms with van der Waals surface area (Å²) in [5.74, 6) is 1.41. The topological polar surface area (TPSA) is 59.8 Å². The number of Topliss-reactive ketones (excluding diaryl/α,β-unsaturated/α-hetero) is 1. The first-order chi connectivity index (χ1) is 14.5. The van der Waals surface area contributed by atoms with Gasteiger partial charge >= 0.3 is 0 Å². The third-order valence-corrected chi connectivity index (χ3v) is 5.89. The Morgan fingerprint density at radius 2 is 1.80 bits per heavy atom. The molecule has 0 saturated heterocycles. The van der Waals surface area contributed by atoms with Crippen LogP contribution in [0.25, 0.3) is 11.4 Å². The summed E-state index contributed by atoms with van der Waals surface area (Å²) in [7, 11) is 0. The Balaban J connectivity index is 1.64.